The summed E-state index contributed by atoms with van der Waals surface area (Å²) in [7, 11) is 0. The van der Waals surface area contributed by atoms with Gasteiger partial charge in [0.25, 0.3) is 0 Å². The van der Waals surface area contributed by atoms with Crippen molar-refractivity contribution in [1.29, 1.82) is 0 Å². The summed E-state index contributed by atoms with van der Waals surface area (Å²) in [5, 5.41) is 7.49. The highest BCUT2D eigenvalue weighted by molar-refractivity contribution is 7.10. The van der Waals surface area contributed by atoms with E-state index in [1.54, 1.807) is 29.7 Å². The van der Waals surface area contributed by atoms with Crippen LogP contribution >= 0.6 is 11.3 Å². The van der Waals surface area contributed by atoms with Crippen LogP contribution in [-0.2, 0) is 20.9 Å². The first kappa shape index (κ1) is 19.5. The highest BCUT2D eigenvalue weighted by Gasteiger charge is 2.30. The Morgan fingerprint density at radius 2 is 2.04 bits per heavy atom. The van der Waals surface area contributed by atoms with Gasteiger partial charge >= 0.3 is 11.8 Å². The van der Waals surface area contributed by atoms with E-state index in [0.29, 0.717) is 18.9 Å². The second-order valence-electron chi connectivity index (χ2n) is 6.37. The van der Waals surface area contributed by atoms with Gasteiger partial charge in [-0.2, -0.15) is 0 Å². The van der Waals surface area contributed by atoms with Gasteiger partial charge in [-0.25, -0.2) is 0 Å². The quantitative estimate of drug-likeness (QED) is 0.730. The van der Waals surface area contributed by atoms with E-state index in [-0.39, 0.29) is 18.6 Å². The summed E-state index contributed by atoms with van der Waals surface area (Å²) >= 11 is 1.65. The van der Waals surface area contributed by atoms with E-state index < -0.39 is 11.8 Å². The summed E-state index contributed by atoms with van der Waals surface area (Å²) in [6.45, 7) is 5.10. The lowest BCUT2D eigenvalue weighted by atomic mass is 10.1. The number of pyridine rings is 1. The van der Waals surface area contributed by atoms with Crippen LogP contribution in [-0.4, -0.2) is 54.0 Å². The van der Waals surface area contributed by atoms with E-state index in [1.807, 2.05) is 24.4 Å². The first-order valence-electron chi connectivity index (χ1n) is 8.99. The summed E-state index contributed by atoms with van der Waals surface area (Å²) in [6.07, 6.45) is 1.65. The van der Waals surface area contributed by atoms with Crippen molar-refractivity contribution in [1.82, 2.24) is 20.5 Å². The third-order valence-corrected chi connectivity index (χ3v) is 5.41. The molecule has 1 fully saturated rings. The summed E-state index contributed by atoms with van der Waals surface area (Å²) in [4.78, 5) is 32.1. The van der Waals surface area contributed by atoms with E-state index in [2.05, 4.69) is 26.6 Å². The van der Waals surface area contributed by atoms with Crippen LogP contribution in [0.2, 0.25) is 0 Å². The van der Waals surface area contributed by atoms with Crippen molar-refractivity contribution in [3.63, 3.8) is 0 Å². The summed E-state index contributed by atoms with van der Waals surface area (Å²) in [6, 6.07) is 9.30. The molecule has 0 aromatic carbocycles. The molecule has 0 spiro atoms. The Morgan fingerprint density at radius 1 is 1.22 bits per heavy atom. The van der Waals surface area contributed by atoms with Crippen LogP contribution in [0.25, 0.3) is 0 Å². The maximum atomic E-state index is 12.3. The lowest BCUT2D eigenvalue weighted by Gasteiger charge is -2.37. The van der Waals surface area contributed by atoms with E-state index in [4.69, 9.17) is 4.74 Å². The summed E-state index contributed by atoms with van der Waals surface area (Å²) in [5.74, 6) is -1.28. The standard InChI is InChI=1S/C19H24N4O3S/c1-14(17(16-6-4-12-27-16)23-8-10-26-11-9-23)22-19(25)18(24)21-13-15-5-2-3-7-20-15/h2-7,12,14,17H,8-11,13H2,1H3,(H,21,24)(H,22,25)/t14-,17+/m1/s1. The van der Waals surface area contributed by atoms with Gasteiger partial charge in [-0.15, -0.1) is 11.3 Å². The molecule has 2 amide bonds. The Labute approximate surface area is 162 Å². The first-order chi connectivity index (χ1) is 13.1. The number of rotatable bonds is 6. The normalized spacial score (nSPS) is 17.1. The number of morpholine rings is 1. The monoisotopic (exact) mass is 388 g/mol. The minimum absolute atomic E-state index is 0.0152. The van der Waals surface area contributed by atoms with Gasteiger partial charge in [0.15, 0.2) is 0 Å². The minimum Gasteiger partial charge on any atom is -0.379 e. The SMILES string of the molecule is C[C@@H](NC(=O)C(=O)NCc1ccccn1)[C@@H](c1cccs1)N1CCOCC1. The second kappa shape index (κ2) is 9.59. The van der Waals surface area contributed by atoms with Gasteiger partial charge in [0.05, 0.1) is 31.5 Å². The molecule has 1 aliphatic rings. The number of aromatic nitrogens is 1. The molecule has 0 radical (unpaired) electrons. The Kier molecular flexibility index (Phi) is 6.92. The maximum Gasteiger partial charge on any atom is 0.309 e. The maximum absolute atomic E-state index is 12.3. The lowest BCUT2D eigenvalue weighted by molar-refractivity contribution is -0.140. The lowest BCUT2D eigenvalue weighted by Crippen LogP contribution is -2.51. The van der Waals surface area contributed by atoms with Crippen molar-refractivity contribution < 1.29 is 14.3 Å². The highest BCUT2D eigenvalue weighted by Crippen LogP contribution is 2.29. The summed E-state index contributed by atoms with van der Waals surface area (Å²) in [5.41, 5.74) is 0.705. The molecule has 2 aromatic heterocycles. The van der Waals surface area contributed by atoms with Gasteiger partial charge in [0.2, 0.25) is 0 Å². The molecule has 1 saturated heterocycles. The van der Waals surface area contributed by atoms with Crippen molar-refractivity contribution in [2.24, 2.45) is 0 Å². The third kappa shape index (κ3) is 5.35. The van der Waals surface area contributed by atoms with Crippen molar-refractivity contribution in [2.75, 3.05) is 26.3 Å². The average molecular weight is 388 g/mol. The molecule has 3 heterocycles. The molecule has 0 bridgehead atoms. The Balaban J connectivity index is 1.59. The Morgan fingerprint density at radius 3 is 2.70 bits per heavy atom. The summed E-state index contributed by atoms with van der Waals surface area (Å²) < 4.78 is 5.44. The van der Waals surface area contributed by atoms with Crippen LogP contribution in [0.5, 0.6) is 0 Å². The van der Waals surface area contributed by atoms with Crippen molar-refractivity contribution in [3.05, 3.63) is 52.5 Å². The Hall–Kier alpha value is -2.29. The highest BCUT2D eigenvalue weighted by atomic mass is 32.1. The number of hydrogen-bond acceptors (Lipinski definition) is 6. The van der Waals surface area contributed by atoms with Crippen LogP contribution in [0.4, 0.5) is 0 Å². The van der Waals surface area contributed by atoms with Crippen molar-refractivity contribution >= 4 is 23.2 Å². The topological polar surface area (TPSA) is 83.6 Å². The number of ether oxygens (including phenoxy) is 1. The molecule has 0 saturated carbocycles. The molecule has 27 heavy (non-hydrogen) atoms. The molecular weight excluding hydrogens is 364 g/mol. The van der Waals surface area contributed by atoms with E-state index in [0.717, 1.165) is 13.1 Å². The first-order valence-corrected chi connectivity index (χ1v) is 9.87. The smallest absolute Gasteiger partial charge is 0.309 e. The molecule has 7 nitrogen and oxygen atoms in total. The van der Waals surface area contributed by atoms with Crippen LogP contribution in [0, 0.1) is 0 Å². The van der Waals surface area contributed by atoms with Gasteiger partial charge in [0, 0.05) is 30.2 Å². The van der Waals surface area contributed by atoms with E-state index in [9.17, 15) is 9.59 Å². The number of nitrogens with zero attached hydrogens (tertiary/aromatic N) is 2. The molecule has 144 valence electrons. The molecule has 3 rings (SSSR count). The molecule has 8 heteroatoms. The second-order valence-corrected chi connectivity index (χ2v) is 7.35. The molecule has 1 aliphatic heterocycles. The van der Waals surface area contributed by atoms with E-state index >= 15 is 0 Å². The fraction of sp³-hybridized carbons (Fsp3) is 0.421. The predicted molar refractivity (Wildman–Crippen MR) is 103 cm³/mol. The van der Waals surface area contributed by atoms with Crippen LogP contribution < -0.4 is 10.6 Å². The van der Waals surface area contributed by atoms with Crippen molar-refractivity contribution in [2.45, 2.75) is 25.6 Å². The van der Waals surface area contributed by atoms with Gasteiger partial charge < -0.3 is 15.4 Å². The number of thiophene rings is 1. The molecule has 0 aliphatic carbocycles. The number of carbonyl (C=O) groups is 2. The zero-order valence-electron chi connectivity index (χ0n) is 15.3. The van der Waals surface area contributed by atoms with Gasteiger partial charge in [-0.3, -0.25) is 19.5 Å². The number of amides is 2. The van der Waals surface area contributed by atoms with Gasteiger partial charge in [0.1, 0.15) is 0 Å². The van der Waals surface area contributed by atoms with Crippen LogP contribution in [0.3, 0.4) is 0 Å². The zero-order chi connectivity index (χ0) is 19.1. The van der Waals surface area contributed by atoms with Gasteiger partial charge in [-0.1, -0.05) is 12.1 Å². The molecule has 0 unspecified atom stereocenters. The van der Waals surface area contributed by atoms with Crippen LogP contribution in [0.15, 0.2) is 41.9 Å². The fourth-order valence-electron chi connectivity index (χ4n) is 3.16. The average Bonchev–Trinajstić information content (AvgIpc) is 3.22. The zero-order valence-corrected chi connectivity index (χ0v) is 16.1. The van der Waals surface area contributed by atoms with Gasteiger partial charge in [-0.05, 0) is 30.5 Å². The number of hydrogen-bond donors (Lipinski definition) is 2. The number of carbonyl (C=O) groups excluding carboxylic acids is 2. The fourth-order valence-corrected chi connectivity index (χ4v) is 4.13. The van der Waals surface area contributed by atoms with E-state index in [1.165, 1.54) is 4.88 Å². The molecule has 2 aromatic rings. The third-order valence-electron chi connectivity index (χ3n) is 4.47. The number of nitrogens with one attached hydrogen (secondary N) is 2. The van der Waals surface area contributed by atoms with Crippen molar-refractivity contribution in [3.8, 4) is 0 Å². The molecule has 2 N–H and O–H groups in total. The predicted octanol–water partition coefficient (Wildman–Crippen LogP) is 1.34. The largest absolute Gasteiger partial charge is 0.379 e. The molecule has 2 atom stereocenters. The molecular formula is C19H24N4O3S. The Bertz CT molecular complexity index is 733. The van der Waals surface area contributed by atoms with Crippen LogP contribution in [0.1, 0.15) is 23.5 Å². The minimum atomic E-state index is -0.653.